The molecule has 0 aliphatic heterocycles. The highest BCUT2D eigenvalue weighted by Gasteiger charge is 2.18. The summed E-state index contributed by atoms with van der Waals surface area (Å²) in [7, 11) is 1.61. The molecule has 0 rings (SSSR count). The number of aliphatic hydroxyl groups is 1. The van der Waals surface area contributed by atoms with Crippen molar-refractivity contribution in [1.29, 1.82) is 0 Å². The third kappa shape index (κ3) is 5.94. The van der Waals surface area contributed by atoms with Crippen LogP contribution >= 0.6 is 0 Å². The van der Waals surface area contributed by atoms with Gasteiger partial charge in [0.2, 0.25) is 5.91 Å². The zero-order chi connectivity index (χ0) is 11.0. The predicted octanol–water partition coefficient (Wildman–Crippen LogP) is 0.689. The van der Waals surface area contributed by atoms with Gasteiger partial charge in [-0.2, -0.15) is 0 Å². The number of hydrogen-bond acceptors (Lipinski definition) is 3. The molecular formula is C10H21NO3. The van der Waals surface area contributed by atoms with E-state index in [9.17, 15) is 9.90 Å². The Bertz CT molecular complexity index is 161. The van der Waals surface area contributed by atoms with Crippen molar-refractivity contribution in [3.05, 3.63) is 0 Å². The molecule has 2 unspecified atom stereocenters. The lowest BCUT2D eigenvalue weighted by molar-refractivity contribution is -0.120. The van der Waals surface area contributed by atoms with Gasteiger partial charge < -0.3 is 15.2 Å². The Morgan fingerprint density at radius 1 is 1.50 bits per heavy atom. The third-order valence-corrected chi connectivity index (χ3v) is 2.07. The van der Waals surface area contributed by atoms with Gasteiger partial charge in [-0.05, 0) is 12.8 Å². The van der Waals surface area contributed by atoms with E-state index in [-0.39, 0.29) is 11.9 Å². The smallest absolute Gasteiger partial charge is 0.217 e. The minimum atomic E-state index is -0.473. The van der Waals surface area contributed by atoms with E-state index >= 15 is 0 Å². The third-order valence-electron chi connectivity index (χ3n) is 2.07. The molecule has 0 aromatic heterocycles. The Labute approximate surface area is 85.6 Å². The first-order chi connectivity index (χ1) is 6.61. The summed E-state index contributed by atoms with van der Waals surface area (Å²) in [6.45, 7) is 4.01. The van der Waals surface area contributed by atoms with E-state index in [4.69, 9.17) is 4.74 Å². The summed E-state index contributed by atoms with van der Waals surface area (Å²) in [6.07, 6.45) is 1.79. The molecule has 0 aromatic rings. The van der Waals surface area contributed by atoms with Crippen LogP contribution in [0.25, 0.3) is 0 Å². The first-order valence-corrected chi connectivity index (χ1v) is 5.05. The molecule has 0 saturated carbocycles. The molecule has 0 saturated heterocycles. The number of nitrogens with one attached hydrogen (secondary N) is 1. The molecule has 84 valence electrons. The molecular weight excluding hydrogens is 182 g/mol. The first kappa shape index (κ1) is 13.4. The van der Waals surface area contributed by atoms with Gasteiger partial charge in [0.05, 0.1) is 12.1 Å². The fraction of sp³-hybridized carbons (Fsp3) is 0.900. The predicted molar refractivity (Wildman–Crippen MR) is 55.0 cm³/mol. The van der Waals surface area contributed by atoms with Gasteiger partial charge >= 0.3 is 0 Å². The van der Waals surface area contributed by atoms with Crippen LogP contribution in [0.2, 0.25) is 0 Å². The van der Waals surface area contributed by atoms with E-state index in [2.05, 4.69) is 5.32 Å². The maximum Gasteiger partial charge on any atom is 0.217 e. The van der Waals surface area contributed by atoms with Crippen molar-refractivity contribution in [2.45, 2.75) is 45.3 Å². The van der Waals surface area contributed by atoms with Gasteiger partial charge in [0.15, 0.2) is 0 Å². The zero-order valence-corrected chi connectivity index (χ0v) is 9.25. The number of hydrogen-bond donors (Lipinski definition) is 2. The van der Waals surface area contributed by atoms with E-state index in [1.54, 1.807) is 7.11 Å². The standard InChI is InChI=1S/C10H21NO3/c1-4-5-10(13)9(6-7-14-3)11-8(2)12/h9-10,13H,4-7H2,1-3H3,(H,11,12). The molecule has 0 heterocycles. The molecule has 0 aromatic carbocycles. The highest BCUT2D eigenvalue weighted by atomic mass is 16.5. The summed E-state index contributed by atoms with van der Waals surface area (Å²) < 4.78 is 4.92. The number of rotatable bonds is 7. The second-order valence-electron chi connectivity index (χ2n) is 3.44. The molecule has 0 fully saturated rings. The van der Waals surface area contributed by atoms with Crippen molar-refractivity contribution in [1.82, 2.24) is 5.32 Å². The average Bonchev–Trinajstić information content (AvgIpc) is 2.12. The number of methoxy groups -OCH3 is 1. The Balaban J connectivity index is 4.00. The molecule has 0 radical (unpaired) electrons. The van der Waals surface area contributed by atoms with Crippen molar-refractivity contribution >= 4 is 5.91 Å². The van der Waals surface area contributed by atoms with Gasteiger partial charge in [0.1, 0.15) is 0 Å². The van der Waals surface area contributed by atoms with Crippen molar-refractivity contribution < 1.29 is 14.6 Å². The average molecular weight is 203 g/mol. The zero-order valence-electron chi connectivity index (χ0n) is 9.25. The van der Waals surface area contributed by atoms with E-state index < -0.39 is 6.10 Å². The Morgan fingerprint density at radius 3 is 2.57 bits per heavy atom. The number of carbonyl (C=O) groups excluding carboxylic acids is 1. The monoisotopic (exact) mass is 203 g/mol. The van der Waals surface area contributed by atoms with Crippen molar-refractivity contribution in [2.75, 3.05) is 13.7 Å². The summed E-state index contributed by atoms with van der Waals surface area (Å²) in [5, 5.41) is 12.4. The van der Waals surface area contributed by atoms with Gasteiger partial charge in [-0.15, -0.1) is 0 Å². The molecule has 4 nitrogen and oxygen atoms in total. The normalized spacial score (nSPS) is 14.9. The van der Waals surface area contributed by atoms with Crippen LogP contribution < -0.4 is 5.32 Å². The highest BCUT2D eigenvalue weighted by Crippen LogP contribution is 2.06. The Morgan fingerprint density at radius 2 is 2.14 bits per heavy atom. The molecule has 0 aliphatic carbocycles. The highest BCUT2D eigenvalue weighted by molar-refractivity contribution is 5.73. The number of aliphatic hydroxyl groups excluding tert-OH is 1. The Kier molecular flexibility index (Phi) is 7.42. The summed E-state index contributed by atoms with van der Waals surface area (Å²) >= 11 is 0. The van der Waals surface area contributed by atoms with Crippen LogP contribution in [0.15, 0.2) is 0 Å². The van der Waals surface area contributed by atoms with Crippen LogP contribution in [-0.4, -0.2) is 36.9 Å². The summed E-state index contributed by atoms with van der Waals surface area (Å²) in [5.41, 5.74) is 0. The van der Waals surface area contributed by atoms with Crippen molar-refractivity contribution in [3.8, 4) is 0 Å². The molecule has 0 aliphatic rings. The molecule has 4 heteroatoms. The maximum atomic E-state index is 10.9. The van der Waals surface area contributed by atoms with Crippen LogP contribution in [0, 0.1) is 0 Å². The molecule has 2 N–H and O–H groups in total. The van der Waals surface area contributed by atoms with E-state index in [0.29, 0.717) is 19.4 Å². The SMILES string of the molecule is CCCC(O)C(CCOC)NC(C)=O. The second-order valence-corrected chi connectivity index (χ2v) is 3.44. The lowest BCUT2D eigenvalue weighted by Crippen LogP contribution is -2.43. The molecule has 14 heavy (non-hydrogen) atoms. The quantitative estimate of drug-likeness (QED) is 0.640. The molecule has 0 spiro atoms. The lowest BCUT2D eigenvalue weighted by atomic mass is 10.0. The number of ether oxygens (including phenoxy) is 1. The van der Waals surface area contributed by atoms with Gasteiger partial charge in [-0.25, -0.2) is 0 Å². The molecule has 1 amide bonds. The fourth-order valence-electron chi connectivity index (χ4n) is 1.36. The van der Waals surface area contributed by atoms with Gasteiger partial charge in [0.25, 0.3) is 0 Å². The summed E-state index contributed by atoms with van der Waals surface area (Å²) in [4.78, 5) is 10.9. The minimum Gasteiger partial charge on any atom is -0.391 e. The largest absolute Gasteiger partial charge is 0.391 e. The first-order valence-electron chi connectivity index (χ1n) is 5.05. The van der Waals surface area contributed by atoms with Gasteiger partial charge in [-0.3, -0.25) is 4.79 Å². The van der Waals surface area contributed by atoms with Gasteiger partial charge in [-0.1, -0.05) is 13.3 Å². The second kappa shape index (κ2) is 7.76. The van der Waals surface area contributed by atoms with Crippen molar-refractivity contribution in [3.63, 3.8) is 0 Å². The lowest BCUT2D eigenvalue weighted by Gasteiger charge is -2.22. The van der Waals surface area contributed by atoms with E-state index in [1.165, 1.54) is 6.92 Å². The summed E-state index contributed by atoms with van der Waals surface area (Å²) in [5.74, 6) is -0.110. The van der Waals surface area contributed by atoms with Crippen LogP contribution in [0.1, 0.15) is 33.1 Å². The topological polar surface area (TPSA) is 58.6 Å². The van der Waals surface area contributed by atoms with Crippen LogP contribution in [0.5, 0.6) is 0 Å². The van der Waals surface area contributed by atoms with E-state index in [0.717, 1.165) is 6.42 Å². The number of amides is 1. The summed E-state index contributed by atoms with van der Waals surface area (Å²) in [6, 6.07) is -0.188. The van der Waals surface area contributed by atoms with Crippen LogP contribution in [0.4, 0.5) is 0 Å². The molecule has 2 atom stereocenters. The van der Waals surface area contributed by atoms with Crippen LogP contribution in [-0.2, 0) is 9.53 Å². The fourth-order valence-corrected chi connectivity index (χ4v) is 1.36. The number of carbonyl (C=O) groups is 1. The van der Waals surface area contributed by atoms with E-state index in [1.807, 2.05) is 6.92 Å². The maximum absolute atomic E-state index is 10.9. The minimum absolute atomic E-state index is 0.110. The van der Waals surface area contributed by atoms with Gasteiger partial charge in [0, 0.05) is 20.6 Å². The van der Waals surface area contributed by atoms with Crippen molar-refractivity contribution in [2.24, 2.45) is 0 Å². The molecule has 0 bridgehead atoms. The Hall–Kier alpha value is -0.610. The van der Waals surface area contributed by atoms with Crippen LogP contribution in [0.3, 0.4) is 0 Å².